The normalized spacial score (nSPS) is 15.6. The van der Waals surface area contributed by atoms with Gasteiger partial charge < -0.3 is 5.32 Å². The lowest BCUT2D eigenvalue weighted by Crippen LogP contribution is -2.43. The molecule has 4 heterocycles. The van der Waals surface area contributed by atoms with Crippen molar-refractivity contribution in [1.29, 1.82) is 0 Å². The molecule has 0 saturated carbocycles. The van der Waals surface area contributed by atoms with Crippen LogP contribution in [-0.4, -0.2) is 57.0 Å². The molecule has 0 aliphatic carbocycles. The molecule has 176 valence electrons. The molecule has 0 unspecified atom stereocenters. The maximum atomic E-state index is 14.8. The third-order valence-corrected chi connectivity index (χ3v) is 8.03. The molecule has 5 rings (SSSR count). The minimum Gasteiger partial charge on any atom is -0.351 e. The van der Waals surface area contributed by atoms with Gasteiger partial charge in [-0.05, 0) is 43.0 Å². The molecular formula is C24H25FN6O2S. The summed E-state index contributed by atoms with van der Waals surface area (Å²) < 4.78 is 42.3. The lowest BCUT2D eigenvalue weighted by molar-refractivity contribution is 0.329. The molecule has 8 nitrogen and oxygen atoms in total. The van der Waals surface area contributed by atoms with Gasteiger partial charge in [-0.1, -0.05) is 30.3 Å². The summed E-state index contributed by atoms with van der Waals surface area (Å²) in [5.74, 6) is -0.135. The van der Waals surface area contributed by atoms with Crippen molar-refractivity contribution in [1.82, 2.24) is 23.7 Å². The number of sulfonamides is 1. The first-order chi connectivity index (χ1) is 16.4. The van der Waals surface area contributed by atoms with Crippen LogP contribution in [0.1, 0.15) is 19.8 Å². The second kappa shape index (κ2) is 9.11. The SMILES string of the molecule is CCS(=O)(=O)N1CCC(Nc2ncc(F)c(-c3cnc4ccc(-c5ccccc5)cn34)n2)CC1. The summed E-state index contributed by atoms with van der Waals surface area (Å²) in [6, 6.07) is 13.8. The molecule has 4 aromatic rings. The molecule has 0 amide bonds. The second-order valence-corrected chi connectivity index (χ2v) is 10.5. The molecule has 1 fully saturated rings. The molecule has 34 heavy (non-hydrogen) atoms. The molecule has 0 atom stereocenters. The number of fused-ring (bicyclic) bond motifs is 1. The van der Waals surface area contributed by atoms with E-state index in [0.29, 0.717) is 43.2 Å². The second-order valence-electron chi connectivity index (χ2n) is 8.26. The third-order valence-electron chi connectivity index (χ3n) is 6.14. The molecule has 3 aromatic heterocycles. The molecule has 1 aliphatic rings. The highest BCUT2D eigenvalue weighted by Crippen LogP contribution is 2.27. The lowest BCUT2D eigenvalue weighted by atomic mass is 10.1. The largest absolute Gasteiger partial charge is 0.351 e. The first-order valence-electron chi connectivity index (χ1n) is 11.2. The number of nitrogens with one attached hydrogen (secondary N) is 1. The number of halogens is 1. The summed E-state index contributed by atoms with van der Waals surface area (Å²) >= 11 is 0. The fourth-order valence-electron chi connectivity index (χ4n) is 4.22. The number of hydrogen-bond donors (Lipinski definition) is 1. The van der Waals surface area contributed by atoms with Crippen LogP contribution in [0.3, 0.4) is 0 Å². The van der Waals surface area contributed by atoms with Gasteiger partial charge in [-0.3, -0.25) is 4.40 Å². The Hall–Kier alpha value is -3.37. The van der Waals surface area contributed by atoms with Gasteiger partial charge in [-0.25, -0.2) is 32.1 Å². The lowest BCUT2D eigenvalue weighted by Gasteiger charge is -2.31. The van der Waals surface area contributed by atoms with E-state index in [1.165, 1.54) is 4.31 Å². The van der Waals surface area contributed by atoms with Gasteiger partial charge in [0.05, 0.1) is 23.8 Å². The minimum absolute atomic E-state index is 0.00786. The Morgan fingerprint density at radius 3 is 2.53 bits per heavy atom. The van der Waals surface area contributed by atoms with Crippen molar-refractivity contribution >= 4 is 21.6 Å². The van der Waals surface area contributed by atoms with E-state index in [2.05, 4.69) is 20.3 Å². The quantitative estimate of drug-likeness (QED) is 0.451. The van der Waals surface area contributed by atoms with E-state index in [-0.39, 0.29) is 17.5 Å². The number of piperidine rings is 1. The Balaban J connectivity index is 1.40. The van der Waals surface area contributed by atoms with Crippen molar-refractivity contribution < 1.29 is 12.8 Å². The third kappa shape index (κ3) is 4.38. The predicted molar refractivity (Wildman–Crippen MR) is 129 cm³/mol. The standard InChI is InChI=1S/C24H25FN6O2S/c1-2-34(32,33)30-12-10-19(11-13-30)28-24-27-14-20(25)23(29-24)21-15-26-22-9-8-18(16-31(21)22)17-6-4-3-5-7-17/h3-9,14-16,19H,2,10-13H2,1H3,(H,27,28,29). The van der Waals surface area contributed by atoms with Gasteiger partial charge in [-0.15, -0.1) is 0 Å². The summed E-state index contributed by atoms with van der Waals surface area (Å²) in [6.45, 7) is 2.53. The highest BCUT2D eigenvalue weighted by Gasteiger charge is 2.27. The Labute approximate surface area is 197 Å². The molecule has 1 aliphatic heterocycles. The fourth-order valence-corrected chi connectivity index (χ4v) is 5.35. The average molecular weight is 481 g/mol. The predicted octanol–water partition coefficient (Wildman–Crippen LogP) is 3.82. The van der Waals surface area contributed by atoms with Crippen LogP contribution in [0.4, 0.5) is 10.3 Å². The smallest absolute Gasteiger partial charge is 0.223 e. The van der Waals surface area contributed by atoms with Crippen LogP contribution in [0.25, 0.3) is 28.2 Å². The van der Waals surface area contributed by atoms with Crippen molar-refractivity contribution in [3.05, 3.63) is 66.9 Å². The Bertz CT molecular complexity index is 1420. The maximum absolute atomic E-state index is 14.8. The van der Waals surface area contributed by atoms with E-state index in [0.717, 1.165) is 17.3 Å². The molecular weight excluding hydrogens is 455 g/mol. The summed E-state index contributed by atoms with van der Waals surface area (Å²) in [4.78, 5) is 13.0. The first-order valence-corrected chi connectivity index (χ1v) is 12.9. The molecule has 0 radical (unpaired) electrons. The number of imidazole rings is 1. The number of rotatable bonds is 6. The minimum atomic E-state index is -3.19. The van der Waals surface area contributed by atoms with Crippen LogP contribution < -0.4 is 5.32 Å². The van der Waals surface area contributed by atoms with Gasteiger partial charge in [0.2, 0.25) is 16.0 Å². The first kappa shape index (κ1) is 22.4. The van der Waals surface area contributed by atoms with Gasteiger partial charge in [-0.2, -0.15) is 0 Å². The topological polar surface area (TPSA) is 92.5 Å². The van der Waals surface area contributed by atoms with Gasteiger partial charge in [0.1, 0.15) is 11.3 Å². The monoisotopic (exact) mass is 480 g/mol. The van der Waals surface area contributed by atoms with Gasteiger partial charge in [0.25, 0.3) is 0 Å². The summed E-state index contributed by atoms with van der Waals surface area (Å²) in [5, 5.41) is 3.25. The van der Waals surface area contributed by atoms with Crippen molar-refractivity contribution in [3.8, 4) is 22.5 Å². The van der Waals surface area contributed by atoms with Gasteiger partial charge in [0, 0.05) is 25.3 Å². The number of benzene rings is 1. The highest BCUT2D eigenvalue weighted by atomic mass is 32.2. The van der Waals surface area contributed by atoms with Gasteiger partial charge in [0.15, 0.2) is 5.82 Å². The van der Waals surface area contributed by atoms with E-state index < -0.39 is 15.8 Å². The van der Waals surface area contributed by atoms with Crippen molar-refractivity contribution in [3.63, 3.8) is 0 Å². The van der Waals surface area contributed by atoms with E-state index in [1.807, 2.05) is 53.1 Å². The maximum Gasteiger partial charge on any atom is 0.223 e. The summed E-state index contributed by atoms with van der Waals surface area (Å²) in [7, 11) is -3.19. The van der Waals surface area contributed by atoms with Crippen molar-refractivity contribution in [2.75, 3.05) is 24.2 Å². The van der Waals surface area contributed by atoms with E-state index >= 15 is 0 Å². The Morgan fingerprint density at radius 1 is 1.03 bits per heavy atom. The van der Waals surface area contributed by atoms with Crippen LogP contribution in [-0.2, 0) is 10.0 Å². The summed E-state index contributed by atoms with van der Waals surface area (Å²) in [6.07, 6.45) is 5.94. The molecule has 0 spiro atoms. The van der Waals surface area contributed by atoms with Crippen LogP contribution in [0, 0.1) is 5.82 Å². The molecule has 1 N–H and O–H groups in total. The van der Waals surface area contributed by atoms with Crippen molar-refractivity contribution in [2.24, 2.45) is 0 Å². The number of nitrogens with zero attached hydrogens (tertiary/aromatic N) is 5. The Morgan fingerprint density at radius 2 is 1.79 bits per heavy atom. The fraction of sp³-hybridized carbons (Fsp3) is 0.292. The van der Waals surface area contributed by atoms with Crippen LogP contribution >= 0.6 is 0 Å². The van der Waals surface area contributed by atoms with Crippen LogP contribution in [0.15, 0.2) is 61.1 Å². The molecule has 10 heteroatoms. The summed E-state index contributed by atoms with van der Waals surface area (Å²) in [5.41, 5.74) is 3.40. The van der Waals surface area contributed by atoms with Crippen LogP contribution in [0.2, 0.25) is 0 Å². The van der Waals surface area contributed by atoms with Crippen LogP contribution in [0.5, 0.6) is 0 Å². The number of aromatic nitrogens is 4. The zero-order chi connectivity index (χ0) is 23.7. The number of hydrogen-bond acceptors (Lipinski definition) is 6. The zero-order valence-corrected chi connectivity index (χ0v) is 19.5. The number of pyridine rings is 1. The van der Waals surface area contributed by atoms with E-state index in [1.54, 1.807) is 13.1 Å². The number of anilines is 1. The van der Waals surface area contributed by atoms with Gasteiger partial charge >= 0.3 is 0 Å². The Kier molecular flexibility index (Phi) is 6.01. The average Bonchev–Trinajstić information content (AvgIpc) is 3.29. The van der Waals surface area contributed by atoms with E-state index in [9.17, 15) is 12.8 Å². The van der Waals surface area contributed by atoms with Crippen molar-refractivity contribution in [2.45, 2.75) is 25.8 Å². The molecule has 1 saturated heterocycles. The zero-order valence-electron chi connectivity index (χ0n) is 18.7. The van der Waals surface area contributed by atoms with E-state index in [4.69, 9.17) is 0 Å². The highest BCUT2D eigenvalue weighted by molar-refractivity contribution is 7.89. The molecule has 0 bridgehead atoms. The molecule has 1 aromatic carbocycles.